The summed E-state index contributed by atoms with van der Waals surface area (Å²) in [5, 5.41) is 7.08. The fourth-order valence-corrected chi connectivity index (χ4v) is 3.91. The fraction of sp³-hybridized carbons (Fsp3) is 0.550. The number of carbonyl (C=O) groups excluding carboxylic acids is 1. The Labute approximate surface area is 155 Å². The summed E-state index contributed by atoms with van der Waals surface area (Å²) in [4.78, 5) is 18.8. The van der Waals surface area contributed by atoms with Gasteiger partial charge in [-0.05, 0) is 36.3 Å². The minimum atomic E-state index is -0.367. The second kappa shape index (κ2) is 8.45. The highest BCUT2D eigenvalue weighted by atomic mass is 16.2. The highest BCUT2D eigenvalue weighted by Crippen LogP contribution is 2.23. The predicted molar refractivity (Wildman–Crippen MR) is 101 cm³/mol. The van der Waals surface area contributed by atoms with Gasteiger partial charge in [0, 0.05) is 26.2 Å². The minimum Gasteiger partial charge on any atom is -0.350 e. The van der Waals surface area contributed by atoms with E-state index in [1.54, 1.807) is 11.0 Å². The molecule has 0 bridgehead atoms. The SMILES string of the molecule is CC1CC(C)CN(Cc2ccccc2CNC(=O)C(C)n2cncn2)C1. The van der Waals surface area contributed by atoms with Crippen LogP contribution in [0.25, 0.3) is 0 Å². The fourth-order valence-electron chi connectivity index (χ4n) is 3.91. The lowest BCUT2D eigenvalue weighted by molar-refractivity contribution is -0.124. The number of aromatic nitrogens is 3. The van der Waals surface area contributed by atoms with Crippen molar-refractivity contribution in [2.75, 3.05) is 13.1 Å². The van der Waals surface area contributed by atoms with E-state index in [-0.39, 0.29) is 11.9 Å². The van der Waals surface area contributed by atoms with Crippen molar-refractivity contribution in [3.63, 3.8) is 0 Å². The predicted octanol–water partition coefficient (Wildman–Crippen LogP) is 2.63. The van der Waals surface area contributed by atoms with Gasteiger partial charge in [-0.3, -0.25) is 9.69 Å². The van der Waals surface area contributed by atoms with Gasteiger partial charge in [-0.1, -0.05) is 38.1 Å². The van der Waals surface area contributed by atoms with Crippen LogP contribution >= 0.6 is 0 Å². The molecule has 0 aliphatic carbocycles. The first-order chi connectivity index (χ1) is 12.5. The summed E-state index contributed by atoms with van der Waals surface area (Å²) in [5.41, 5.74) is 2.47. The first-order valence-electron chi connectivity index (χ1n) is 9.44. The molecule has 6 nitrogen and oxygen atoms in total. The second-order valence-electron chi connectivity index (χ2n) is 7.68. The zero-order chi connectivity index (χ0) is 18.5. The highest BCUT2D eigenvalue weighted by Gasteiger charge is 2.22. The Kier molecular flexibility index (Phi) is 6.04. The molecular formula is C20H29N5O. The van der Waals surface area contributed by atoms with E-state index in [1.165, 1.54) is 23.9 Å². The van der Waals surface area contributed by atoms with Crippen molar-refractivity contribution in [2.24, 2.45) is 11.8 Å². The van der Waals surface area contributed by atoms with E-state index in [1.807, 2.05) is 13.0 Å². The van der Waals surface area contributed by atoms with E-state index in [0.29, 0.717) is 6.54 Å². The summed E-state index contributed by atoms with van der Waals surface area (Å²) in [7, 11) is 0. The second-order valence-corrected chi connectivity index (χ2v) is 7.68. The smallest absolute Gasteiger partial charge is 0.244 e. The van der Waals surface area contributed by atoms with Crippen LogP contribution < -0.4 is 5.32 Å². The Bertz CT molecular complexity index is 705. The Hall–Kier alpha value is -2.21. The maximum atomic E-state index is 12.4. The molecule has 1 amide bonds. The van der Waals surface area contributed by atoms with E-state index in [0.717, 1.165) is 31.5 Å². The molecule has 0 radical (unpaired) electrons. The molecule has 1 fully saturated rings. The number of amides is 1. The summed E-state index contributed by atoms with van der Waals surface area (Å²) in [6.07, 6.45) is 4.32. The number of carbonyl (C=O) groups is 1. The van der Waals surface area contributed by atoms with Crippen molar-refractivity contribution in [1.82, 2.24) is 25.0 Å². The van der Waals surface area contributed by atoms with Crippen LogP contribution in [-0.4, -0.2) is 38.7 Å². The zero-order valence-corrected chi connectivity index (χ0v) is 15.9. The Morgan fingerprint density at radius 1 is 1.23 bits per heavy atom. The van der Waals surface area contributed by atoms with Gasteiger partial charge in [-0.25, -0.2) is 9.67 Å². The van der Waals surface area contributed by atoms with E-state index in [2.05, 4.69) is 52.3 Å². The van der Waals surface area contributed by atoms with E-state index < -0.39 is 0 Å². The van der Waals surface area contributed by atoms with Crippen LogP contribution in [0.15, 0.2) is 36.9 Å². The number of rotatable bonds is 6. The number of piperidine rings is 1. The molecule has 1 aliphatic heterocycles. The maximum absolute atomic E-state index is 12.4. The van der Waals surface area contributed by atoms with Gasteiger partial charge in [-0.15, -0.1) is 0 Å². The summed E-state index contributed by atoms with van der Waals surface area (Å²) >= 11 is 0. The summed E-state index contributed by atoms with van der Waals surface area (Å²) in [6, 6.07) is 8.02. The van der Waals surface area contributed by atoms with Gasteiger partial charge in [0.1, 0.15) is 18.7 Å². The maximum Gasteiger partial charge on any atom is 0.244 e. The molecule has 6 heteroatoms. The molecule has 26 heavy (non-hydrogen) atoms. The van der Waals surface area contributed by atoms with Gasteiger partial charge in [-0.2, -0.15) is 5.10 Å². The standard InChI is InChI=1S/C20H29N5O/c1-15-8-16(2)11-24(10-15)12-19-7-5-4-6-18(19)9-22-20(26)17(3)25-14-21-13-23-25/h4-7,13-17H,8-12H2,1-3H3,(H,22,26). The largest absolute Gasteiger partial charge is 0.350 e. The molecule has 0 saturated carbocycles. The molecule has 3 atom stereocenters. The molecule has 1 aromatic heterocycles. The molecule has 1 aromatic carbocycles. The molecule has 0 spiro atoms. The van der Waals surface area contributed by atoms with Gasteiger partial charge >= 0.3 is 0 Å². The number of benzene rings is 1. The van der Waals surface area contributed by atoms with Crippen LogP contribution in [0.5, 0.6) is 0 Å². The van der Waals surface area contributed by atoms with Crippen molar-refractivity contribution in [2.45, 2.75) is 46.3 Å². The van der Waals surface area contributed by atoms with Gasteiger partial charge < -0.3 is 5.32 Å². The first kappa shape index (κ1) is 18.6. The third-order valence-corrected chi connectivity index (χ3v) is 5.12. The molecular weight excluding hydrogens is 326 g/mol. The van der Waals surface area contributed by atoms with E-state index >= 15 is 0 Å². The summed E-state index contributed by atoms with van der Waals surface area (Å²) in [5.74, 6) is 1.44. The van der Waals surface area contributed by atoms with Gasteiger partial charge in [0.15, 0.2) is 0 Å². The Balaban J connectivity index is 1.61. The summed E-state index contributed by atoms with van der Waals surface area (Å²) in [6.45, 7) is 10.3. The lowest BCUT2D eigenvalue weighted by Gasteiger charge is -2.35. The normalized spacial score (nSPS) is 22.1. The molecule has 1 aliphatic rings. The van der Waals surface area contributed by atoms with Gasteiger partial charge in [0.05, 0.1) is 0 Å². The Morgan fingerprint density at radius 2 is 1.92 bits per heavy atom. The van der Waals surface area contributed by atoms with Crippen LogP contribution in [-0.2, 0) is 17.9 Å². The molecule has 2 heterocycles. The molecule has 3 rings (SSSR count). The molecule has 1 N–H and O–H groups in total. The van der Waals surface area contributed by atoms with E-state index in [9.17, 15) is 4.79 Å². The molecule has 1 saturated heterocycles. The van der Waals surface area contributed by atoms with Crippen molar-refractivity contribution in [3.8, 4) is 0 Å². The van der Waals surface area contributed by atoms with Crippen LogP contribution in [0.2, 0.25) is 0 Å². The van der Waals surface area contributed by atoms with Crippen molar-refractivity contribution in [3.05, 3.63) is 48.0 Å². The van der Waals surface area contributed by atoms with Crippen molar-refractivity contribution < 1.29 is 4.79 Å². The highest BCUT2D eigenvalue weighted by molar-refractivity contribution is 5.79. The number of hydrogen-bond donors (Lipinski definition) is 1. The average Bonchev–Trinajstić information content (AvgIpc) is 3.13. The van der Waals surface area contributed by atoms with Gasteiger partial charge in [0.25, 0.3) is 0 Å². The lowest BCUT2D eigenvalue weighted by Crippen LogP contribution is -2.38. The van der Waals surface area contributed by atoms with Crippen molar-refractivity contribution in [1.29, 1.82) is 0 Å². The first-order valence-corrected chi connectivity index (χ1v) is 9.44. The average molecular weight is 355 g/mol. The number of hydrogen-bond acceptors (Lipinski definition) is 4. The topological polar surface area (TPSA) is 63.1 Å². The van der Waals surface area contributed by atoms with Gasteiger partial charge in [0.2, 0.25) is 5.91 Å². The van der Waals surface area contributed by atoms with Crippen molar-refractivity contribution >= 4 is 5.91 Å². The third kappa shape index (κ3) is 4.69. The van der Waals surface area contributed by atoms with Crippen LogP contribution in [0.4, 0.5) is 0 Å². The monoisotopic (exact) mass is 355 g/mol. The molecule has 2 aromatic rings. The molecule has 140 valence electrons. The third-order valence-electron chi connectivity index (χ3n) is 5.12. The number of nitrogens with zero attached hydrogens (tertiary/aromatic N) is 4. The zero-order valence-electron chi connectivity index (χ0n) is 15.9. The lowest BCUT2D eigenvalue weighted by atomic mass is 9.91. The van der Waals surface area contributed by atoms with Crippen LogP contribution in [0, 0.1) is 11.8 Å². The van der Waals surface area contributed by atoms with Crippen LogP contribution in [0.1, 0.15) is 44.4 Å². The van der Waals surface area contributed by atoms with E-state index in [4.69, 9.17) is 0 Å². The minimum absolute atomic E-state index is 0.0504. The molecule has 3 unspecified atom stereocenters. The number of nitrogens with one attached hydrogen (secondary N) is 1. The summed E-state index contributed by atoms with van der Waals surface area (Å²) < 4.78 is 1.57. The quantitative estimate of drug-likeness (QED) is 0.865. The van der Waals surface area contributed by atoms with Crippen LogP contribution in [0.3, 0.4) is 0 Å². The number of likely N-dealkylation sites (tertiary alicyclic amines) is 1. The Morgan fingerprint density at radius 3 is 2.58 bits per heavy atom.